The molecule has 29 heavy (non-hydrogen) atoms. The summed E-state index contributed by atoms with van der Waals surface area (Å²) in [4.78, 5) is 12.9. The molecule has 0 unspecified atom stereocenters. The van der Waals surface area contributed by atoms with Gasteiger partial charge >= 0.3 is 0 Å². The minimum Gasteiger partial charge on any atom is -0.485 e. The van der Waals surface area contributed by atoms with Crippen molar-refractivity contribution < 1.29 is 9.53 Å². The summed E-state index contributed by atoms with van der Waals surface area (Å²) in [5.74, 6) is 1.14. The topological polar surface area (TPSA) is 31.2 Å². The Balaban J connectivity index is 1.59. The van der Waals surface area contributed by atoms with Crippen LogP contribution in [0.25, 0.3) is 21.7 Å². The first-order chi connectivity index (χ1) is 13.8. The average molecular weight is 406 g/mol. The van der Waals surface area contributed by atoms with Gasteiger partial charge in [0.1, 0.15) is 5.75 Å². The zero-order valence-corrected chi connectivity index (χ0v) is 17.9. The fraction of sp³-hybridized carbons (Fsp3) is 0.240. The molecule has 148 valence electrons. The molecule has 4 rings (SSSR count). The first kappa shape index (κ1) is 19.5. The lowest BCUT2D eigenvalue weighted by atomic mass is 10.0. The van der Waals surface area contributed by atoms with Crippen LogP contribution < -0.4 is 4.74 Å². The van der Waals surface area contributed by atoms with Crippen LogP contribution in [0.15, 0.2) is 54.7 Å². The lowest BCUT2D eigenvalue weighted by molar-refractivity contribution is 0.0922. The minimum atomic E-state index is -0.0245. The number of halogens is 1. The van der Waals surface area contributed by atoms with Gasteiger partial charge in [0.2, 0.25) is 5.78 Å². The molecule has 0 fully saturated rings. The van der Waals surface area contributed by atoms with E-state index in [1.807, 2.05) is 61.1 Å². The van der Waals surface area contributed by atoms with Gasteiger partial charge in [0.15, 0.2) is 6.61 Å². The third-order valence-corrected chi connectivity index (χ3v) is 5.67. The van der Waals surface area contributed by atoms with Crippen LogP contribution in [0.5, 0.6) is 5.75 Å². The fourth-order valence-electron chi connectivity index (χ4n) is 3.72. The molecule has 4 heteroatoms. The summed E-state index contributed by atoms with van der Waals surface area (Å²) in [6.45, 7) is 6.32. The van der Waals surface area contributed by atoms with Gasteiger partial charge in [0.25, 0.3) is 0 Å². The molecule has 0 aliphatic heterocycles. The van der Waals surface area contributed by atoms with E-state index < -0.39 is 0 Å². The molecule has 1 heterocycles. The number of Topliss-reactive ketones (excluding diaryl/α,β-unsaturated/α-hetero) is 1. The predicted octanol–water partition coefficient (Wildman–Crippen LogP) is 6.68. The van der Waals surface area contributed by atoms with Crippen LogP contribution >= 0.6 is 11.6 Å². The Morgan fingerprint density at radius 3 is 2.62 bits per heavy atom. The minimum absolute atomic E-state index is 0.00494. The summed E-state index contributed by atoms with van der Waals surface area (Å²) in [7, 11) is 1.97. The van der Waals surface area contributed by atoms with Crippen LogP contribution in [0.4, 0.5) is 0 Å². The van der Waals surface area contributed by atoms with Crippen molar-refractivity contribution >= 4 is 39.1 Å². The molecule has 0 spiro atoms. The van der Waals surface area contributed by atoms with E-state index in [2.05, 4.69) is 26.0 Å². The molecule has 0 amide bonds. The largest absolute Gasteiger partial charge is 0.485 e. The molecule has 3 aromatic carbocycles. The van der Waals surface area contributed by atoms with Crippen LogP contribution in [-0.2, 0) is 7.05 Å². The Morgan fingerprint density at radius 2 is 1.86 bits per heavy atom. The summed E-state index contributed by atoms with van der Waals surface area (Å²) < 4.78 is 7.93. The number of aryl methyl sites for hydroxylation is 2. The van der Waals surface area contributed by atoms with E-state index in [0.717, 1.165) is 33.0 Å². The maximum atomic E-state index is 12.9. The van der Waals surface area contributed by atoms with E-state index in [0.29, 0.717) is 16.5 Å². The molecular weight excluding hydrogens is 382 g/mol. The Hall–Kier alpha value is -2.78. The van der Waals surface area contributed by atoms with Crippen molar-refractivity contribution in [3.63, 3.8) is 0 Å². The van der Waals surface area contributed by atoms with Crippen molar-refractivity contribution in [3.05, 3.63) is 76.4 Å². The van der Waals surface area contributed by atoms with Gasteiger partial charge in [0.05, 0.1) is 0 Å². The van der Waals surface area contributed by atoms with Crippen molar-refractivity contribution in [2.24, 2.45) is 7.05 Å². The van der Waals surface area contributed by atoms with Gasteiger partial charge in [-0.3, -0.25) is 4.79 Å². The summed E-state index contributed by atoms with van der Waals surface area (Å²) in [5, 5.41) is 3.77. The van der Waals surface area contributed by atoms with Crippen molar-refractivity contribution in [3.8, 4) is 5.75 Å². The van der Waals surface area contributed by atoms with E-state index in [1.165, 1.54) is 5.56 Å². The van der Waals surface area contributed by atoms with Gasteiger partial charge in [0, 0.05) is 34.7 Å². The molecular formula is C25H24ClNO2. The number of aromatic nitrogens is 1. The molecule has 0 aliphatic carbocycles. The number of carbonyl (C=O) groups is 1. The highest BCUT2D eigenvalue weighted by atomic mass is 35.5. The van der Waals surface area contributed by atoms with Gasteiger partial charge in [-0.15, -0.1) is 0 Å². The molecule has 0 saturated heterocycles. The van der Waals surface area contributed by atoms with Crippen LogP contribution in [-0.4, -0.2) is 17.0 Å². The number of nitrogens with zero attached hydrogens (tertiary/aromatic N) is 1. The van der Waals surface area contributed by atoms with E-state index in [1.54, 1.807) is 0 Å². The van der Waals surface area contributed by atoms with Crippen molar-refractivity contribution in [1.82, 2.24) is 4.57 Å². The lowest BCUT2D eigenvalue weighted by Crippen LogP contribution is -2.11. The average Bonchev–Trinajstić information content (AvgIpc) is 3.02. The number of hydrogen-bond acceptors (Lipinski definition) is 2. The number of rotatable bonds is 5. The fourth-order valence-corrected chi connectivity index (χ4v) is 3.90. The molecule has 0 aliphatic rings. The third kappa shape index (κ3) is 3.75. The van der Waals surface area contributed by atoms with E-state index >= 15 is 0 Å². The Bertz CT molecular complexity index is 1240. The number of ether oxygens (including phenoxy) is 1. The monoisotopic (exact) mass is 405 g/mol. The highest BCUT2D eigenvalue weighted by molar-refractivity contribution is 6.31. The summed E-state index contributed by atoms with van der Waals surface area (Å²) in [5.41, 5.74) is 4.01. The second-order valence-electron chi connectivity index (χ2n) is 7.91. The molecule has 0 N–H and O–H groups in total. The van der Waals surface area contributed by atoms with Crippen molar-refractivity contribution in [1.29, 1.82) is 0 Å². The van der Waals surface area contributed by atoms with Gasteiger partial charge in [-0.2, -0.15) is 0 Å². The maximum absolute atomic E-state index is 12.9. The number of fused-ring (bicyclic) bond motifs is 2. The highest BCUT2D eigenvalue weighted by Gasteiger charge is 2.16. The van der Waals surface area contributed by atoms with E-state index in [9.17, 15) is 4.79 Å². The van der Waals surface area contributed by atoms with E-state index in [-0.39, 0.29) is 12.4 Å². The van der Waals surface area contributed by atoms with Crippen molar-refractivity contribution in [2.75, 3.05) is 6.61 Å². The third-order valence-electron chi connectivity index (χ3n) is 5.44. The molecule has 0 atom stereocenters. The summed E-state index contributed by atoms with van der Waals surface area (Å²) in [6.07, 6.45) is 1.90. The Kier molecular flexibility index (Phi) is 5.10. The summed E-state index contributed by atoms with van der Waals surface area (Å²) >= 11 is 6.08. The summed E-state index contributed by atoms with van der Waals surface area (Å²) in [6, 6.07) is 16.1. The molecule has 0 bridgehead atoms. The zero-order chi connectivity index (χ0) is 20.7. The Labute approximate surface area is 175 Å². The number of ketones is 1. The highest BCUT2D eigenvalue weighted by Crippen LogP contribution is 2.29. The molecule has 1 aromatic heterocycles. The number of benzene rings is 3. The zero-order valence-electron chi connectivity index (χ0n) is 17.1. The first-order valence-corrected chi connectivity index (χ1v) is 10.2. The maximum Gasteiger partial charge on any atom is 0.202 e. The number of carbonyl (C=O) groups excluding carboxylic acids is 1. The second-order valence-corrected chi connectivity index (χ2v) is 8.34. The van der Waals surface area contributed by atoms with Crippen molar-refractivity contribution in [2.45, 2.75) is 26.7 Å². The lowest BCUT2D eigenvalue weighted by Gasteiger charge is -2.10. The van der Waals surface area contributed by atoms with E-state index in [4.69, 9.17) is 16.3 Å². The second kappa shape index (κ2) is 7.57. The van der Waals surface area contributed by atoms with Gasteiger partial charge in [-0.05, 0) is 65.1 Å². The van der Waals surface area contributed by atoms with Gasteiger partial charge in [-0.25, -0.2) is 0 Å². The smallest absolute Gasteiger partial charge is 0.202 e. The Morgan fingerprint density at radius 1 is 1.07 bits per heavy atom. The SMILES string of the molecule is Cc1cc2cc(Cl)ccc2cc1OCC(=O)c1cn(C)c2cc(C(C)C)ccc12. The molecule has 4 aromatic rings. The van der Waals surface area contributed by atoms with Gasteiger partial charge < -0.3 is 9.30 Å². The standard InChI is InChI=1S/C25H24ClNO2/c1-15(2)17-6-8-21-22(13-27(4)23(21)11-17)24(28)14-29-25-12-18-5-7-20(26)10-19(18)9-16(25)3/h5-13,15H,14H2,1-4H3. The van der Waals surface area contributed by atoms with Crippen LogP contribution in [0, 0.1) is 6.92 Å². The molecule has 3 nitrogen and oxygen atoms in total. The normalized spacial score (nSPS) is 11.5. The predicted molar refractivity (Wildman–Crippen MR) is 121 cm³/mol. The van der Waals surface area contributed by atoms with Crippen LogP contribution in [0.1, 0.15) is 41.3 Å². The quantitative estimate of drug-likeness (QED) is 0.347. The molecule has 0 saturated carbocycles. The van der Waals surface area contributed by atoms with Crippen LogP contribution in [0.3, 0.4) is 0 Å². The van der Waals surface area contributed by atoms with Gasteiger partial charge in [-0.1, -0.05) is 43.6 Å². The first-order valence-electron chi connectivity index (χ1n) is 9.78. The molecule has 0 radical (unpaired) electrons. The van der Waals surface area contributed by atoms with Crippen LogP contribution in [0.2, 0.25) is 5.02 Å². The number of hydrogen-bond donors (Lipinski definition) is 0.